The monoisotopic (exact) mass is 403 g/mol. The van der Waals surface area contributed by atoms with Gasteiger partial charge in [-0.2, -0.15) is 13.2 Å². The lowest BCUT2D eigenvalue weighted by Gasteiger charge is -2.13. The lowest BCUT2D eigenvalue weighted by molar-refractivity contribution is -0.137. The molecule has 0 radical (unpaired) electrons. The van der Waals surface area contributed by atoms with Crippen molar-refractivity contribution in [1.29, 1.82) is 0 Å². The van der Waals surface area contributed by atoms with Crippen LogP contribution in [0, 0.1) is 6.92 Å². The number of hydrogen-bond donors (Lipinski definition) is 2. The van der Waals surface area contributed by atoms with E-state index in [0.717, 1.165) is 29.3 Å². The molecule has 29 heavy (non-hydrogen) atoms. The van der Waals surface area contributed by atoms with Crippen LogP contribution in [0.5, 0.6) is 0 Å². The van der Waals surface area contributed by atoms with Crippen molar-refractivity contribution < 1.29 is 27.6 Å². The third-order valence-electron chi connectivity index (χ3n) is 4.23. The maximum Gasteiger partial charge on any atom is 0.416 e. The molecule has 4 amide bonds. The Labute approximate surface area is 164 Å². The van der Waals surface area contributed by atoms with E-state index in [1.165, 1.54) is 12.1 Å². The van der Waals surface area contributed by atoms with E-state index in [1.54, 1.807) is 12.1 Å². The van der Waals surface area contributed by atoms with Crippen LogP contribution in [0.2, 0.25) is 0 Å². The second kappa shape index (κ2) is 7.78. The minimum Gasteiger partial charge on any atom is -0.325 e. The molecule has 150 valence electrons. The summed E-state index contributed by atoms with van der Waals surface area (Å²) in [6.07, 6.45) is -3.05. The largest absolute Gasteiger partial charge is 0.416 e. The Bertz CT molecular complexity index is 1020. The summed E-state index contributed by atoms with van der Waals surface area (Å²) in [6.45, 7) is 1.21. The molecule has 1 saturated heterocycles. The molecule has 0 saturated carbocycles. The van der Waals surface area contributed by atoms with Gasteiger partial charge in [-0.05, 0) is 42.3 Å². The van der Waals surface area contributed by atoms with Crippen molar-refractivity contribution in [1.82, 2.24) is 10.2 Å². The molecule has 6 nitrogen and oxygen atoms in total. The highest BCUT2D eigenvalue weighted by Gasteiger charge is 2.35. The van der Waals surface area contributed by atoms with Crippen LogP contribution < -0.4 is 10.6 Å². The normalized spacial score (nSPS) is 15.6. The molecule has 0 aliphatic carbocycles. The molecule has 0 aromatic heterocycles. The highest BCUT2D eigenvalue weighted by molar-refractivity contribution is 6.16. The molecule has 0 spiro atoms. The molecule has 1 heterocycles. The van der Waals surface area contributed by atoms with E-state index in [2.05, 4.69) is 10.6 Å². The van der Waals surface area contributed by atoms with Crippen LogP contribution in [0.15, 0.2) is 54.2 Å². The number of imide groups is 1. The number of amides is 4. The standard InChI is InChI=1S/C20H16F3N3O3/c1-12-5-2-3-6-13(12)9-16-18(28)26(19(29)25-16)11-17(27)24-15-8-4-7-14(10-15)20(21,22)23/h2-10H,11H2,1H3,(H,24,27)(H,25,29)/b16-9-. The molecule has 3 rings (SSSR count). The number of urea groups is 1. The fraction of sp³-hybridized carbons (Fsp3) is 0.150. The van der Waals surface area contributed by atoms with Crippen LogP contribution in [0.3, 0.4) is 0 Å². The Morgan fingerprint density at radius 2 is 1.86 bits per heavy atom. The zero-order chi connectivity index (χ0) is 21.2. The van der Waals surface area contributed by atoms with Crippen LogP contribution in [0.1, 0.15) is 16.7 Å². The van der Waals surface area contributed by atoms with Gasteiger partial charge in [-0.1, -0.05) is 30.3 Å². The first kappa shape index (κ1) is 20.1. The third-order valence-corrected chi connectivity index (χ3v) is 4.23. The summed E-state index contributed by atoms with van der Waals surface area (Å²) in [6, 6.07) is 10.5. The van der Waals surface area contributed by atoms with Gasteiger partial charge < -0.3 is 10.6 Å². The predicted molar refractivity (Wildman–Crippen MR) is 99.5 cm³/mol. The molecule has 1 aliphatic rings. The highest BCUT2D eigenvalue weighted by Crippen LogP contribution is 2.30. The molecule has 1 fully saturated rings. The first-order valence-corrected chi connectivity index (χ1v) is 8.52. The molecule has 1 aliphatic heterocycles. The molecule has 0 bridgehead atoms. The average Bonchev–Trinajstić information content (AvgIpc) is 2.90. The van der Waals surface area contributed by atoms with Gasteiger partial charge in [0.25, 0.3) is 5.91 Å². The zero-order valence-corrected chi connectivity index (χ0v) is 15.2. The third kappa shape index (κ3) is 4.63. The van der Waals surface area contributed by atoms with Crippen molar-refractivity contribution in [3.63, 3.8) is 0 Å². The second-order valence-electron chi connectivity index (χ2n) is 6.36. The SMILES string of the molecule is Cc1ccccc1/C=C1\NC(=O)N(CC(=O)Nc2cccc(C(F)(F)F)c2)C1=O. The van der Waals surface area contributed by atoms with Gasteiger partial charge in [-0.15, -0.1) is 0 Å². The van der Waals surface area contributed by atoms with Crippen molar-refractivity contribution in [2.45, 2.75) is 13.1 Å². The van der Waals surface area contributed by atoms with Crippen molar-refractivity contribution >= 4 is 29.6 Å². The van der Waals surface area contributed by atoms with E-state index in [-0.39, 0.29) is 11.4 Å². The number of rotatable bonds is 4. The van der Waals surface area contributed by atoms with Gasteiger partial charge in [0.15, 0.2) is 0 Å². The van der Waals surface area contributed by atoms with E-state index in [1.807, 2.05) is 19.1 Å². The fourth-order valence-corrected chi connectivity index (χ4v) is 2.74. The van der Waals surface area contributed by atoms with Gasteiger partial charge in [-0.3, -0.25) is 9.59 Å². The Hall–Kier alpha value is -3.62. The summed E-state index contributed by atoms with van der Waals surface area (Å²) in [5.41, 5.74) is 0.617. The van der Waals surface area contributed by atoms with Gasteiger partial charge in [0.1, 0.15) is 12.2 Å². The zero-order valence-electron chi connectivity index (χ0n) is 15.2. The molecule has 2 aromatic rings. The number of benzene rings is 2. The minimum absolute atomic E-state index is 0.0103. The predicted octanol–water partition coefficient (Wildman–Crippen LogP) is 3.55. The molecule has 9 heteroatoms. The van der Waals surface area contributed by atoms with E-state index in [4.69, 9.17) is 0 Å². The Kier molecular flexibility index (Phi) is 5.40. The smallest absolute Gasteiger partial charge is 0.325 e. The first-order valence-electron chi connectivity index (χ1n) is 8.52. The van der Waals surface area contributed by atoms with Gasteiger partial charge in [0, 0.05) is 5.69 Å². The van der Waals surface area contributed by atoms with E-state index in [9.17, 15) is 27.6 Å². The van der Waals surface area contributed by atoms with Gasteiger partial charge in [0.2, 0.25) is 5.91 Å². The molecular weight excluding hydrogens is 387 g/mol. The number of nitrogens with one attached hydrogen (secondary N) is 2. The number of hydrogen-bond acceptors (Lipinski definition) is 3. The molecule has 0 atom stereocenters. The summed E-state index contributed by atoms with van der Waals surface area (Å²) in [5.74, 6) is -1.50. The molecule has 0 unspecified atom stereocenters. The van der Waals surface area contributed by atoms with Crippen molar-refractivity contribution in [3.05, 3.63) is 70.9 Å². The number of nitrogens with zero attached hydrogens (tertiary/aromatic N) is 1. The number of halogens is 3. The van der Waals surface area contributed by atoms with Crippen LogP contribution in [0.25, 0.3) is 6.08 Å². The Morgan fingerprint density at radius 3 is 2.55 bits per heavy atom. The summed E-state index contributed by atoms with van der Waals surface area (Å²) in [5, 5.41) is 4.66. The first-order chi connectivity index (χ1) is 13.6. The Balaban J connectivity index is 1.70. The fourth-order valence-electron chi connectivity index (χ4n) is 2.74. The summed E-state index contributed by atoms with van der Waals surface area (Å²) >= 11 is 0. The average molecular weight is 403 g/mol. The summed E-state index contributed by atoms with van der Waals surface area (Å²) in [4.78, 5) is 37.4. The second-order valence-corrected chi connectivity index (χ2v) is 6.36. The van der Waals surface area contributed by atoms with Crippen molar-refractivity contribution in [2.24, 2.45) is 0 Å². The van der Waals surface area contributed by atoms with Crippen LogP contribution in [-0.2, 0) is 15.8 Å². The summed E-state index contributed by atoms with van der Waals surface area (Å²) < 4.78 is 38.3. The van der Waals surface area contributed by atoms with E-state index in [0.29, 0.717) is 4.90 Å². The number of carbonyl (C=O) groups excluding carboxylic acids is 3. The lowest BCUT2D eigenvalue weighted by atomic mass is 10.1. The quantitative estimate of drug-likeness (QED) is 0.606. The van der Waals surface area contributed by atoms with Gasteiger partial charge >= 0.3 is 12.2 Å². The highest BCUT2D eigenvalue weighted by atomic mass is 19.4. The lowest BCUT2D eigenvalue weighted by Crippen LogP contribution is -2.38. The molecule has 2 aromatic carbocycles. The number of anilines is 1. The molecule has 2 N–H and O–H groups in total. The number of carbonyl (C=O) groups is 3. The topological polar surface area (TPSA) is 78.5 Å². The molecular formula is C20H16F3N3O3. The maximum absolute atomic E-state index is 12.8. The van der Waals surface area contributed by atoms with E-state index >= 15 is 0 Å². The van der Waals surface area contributed by atoms with Gasteiger partial charge in [-0.25, -0.2) is 9.69 Å². The van der Waals surface area contributed by atoms with Crippen molar-refractivity contribution in [3.8, 4) is 0 Å². The number of aryl methyl sites for hydroxylation is 1. The van der Waals surface area contributed by atoms with Crippen LogP contribution >= 0.6 is 0 Å². The van der Waals surface area contributed by atoms with Gasteiger partial charge in [0.05, 0.1) is 5.56 Å². The van der Waals surface area contributed by atoms with Crippen molar-refractivity contribution in [2.75, 3.05) is 11.9 Å². The Morgan fingerprint density at radius 1 is 1.14 bits per heavy atom. The summed E-state index contributed by atoms with van der Waals surface area (Å²) in [7, 11) is 0. The number of alkyl halides is 3. The van der Waals surface area contributed by atoms with Crippen LogP contribution in [0.4, 0.5) is 23.7 Å². The minimum atomic E-state index is -4.55. The maximum atomic E-state index is 12.8. The van der Waals surface area contributed by atoms with Crippen LogP contribution in [-0.4, -0.2) is 29.3 Å². The van der Waals surface area contributed by atoms with E-state index < -0.39 is 36.1 Å².